The molecule has 0 fully saturated rings. The monoisotopic (exact) mass is 273 g/mol. The molecule has 2 rings (SSSR count). The molecule has 1 aromatic carbocycles. The number of hydrogen-bond acceptors (Lipinski definition) is 3. The van der Waals surface area contributed by atoms with Gasteiger partial charge in [0.15, 0.2) is 0 Å². The van der Waals surface area contributed by atoms with Crippen LogP contribution in [0.2, 0.25) is 0 Å². The van der Waals surface area contributed by atoms with E-state index in [4.69, 9.17) is 5.11 Å². The lowest BCUT2D eigenvalue weighted by molar-refractivity contribution is -0.137. The molecule has 6 heteroatoms. The minimum atomic E-state index is -0.857. The SMILES string of the molecule is O=C(O)CCCNC(=O)c1ccc(-n2ccnc2)cc1. The highest BCUT2D eigenvalue weighted by Crippen LogP contribution is 2.09. The van der Waals surface area contributed by atoms with E-state index in [0.717, 1.165) is 5.69 Å². The summed E-state index contributed by atoms with van der Waals surface area (Å²) in [6.07, 6.45) is 5.67. The van der Waals surface area contributed by atoms with Gasteiger partial charge in [0.05, 0.1) is 6.33 Å². The van der Waals surface area contributed by atoms with Crippen LogP contribution in [0.3, 0.4) is 0 Å². The molecule has 0 aliphatic heterocycles. The largest absolute Gasteiger partial charge is 0.481 e. The summed E-state index contributed by atoms with van der Waals surface area (Å²) in [4.78, 5) is 26.1. The molecule has 1 amide bonds. The second-order valence-corrected chi connectivity index (χ2v) is 4.27. The number of nitrogens with one attached hydrogen (secondary N) is 1. The van der Waals surface area contributed by atoms with Crippen molar-refractivity contribution in [1.82, 2.24) is 14.9 Å². The van der Waals surface area contributed by atoms with Crippen molar-refractivity contribution in [1.29, 1.82) is 0 Å². The maximum absolute atomic E-state index is 11.8. The van der Waals surface area contributed by atoms with E-state index in [9.17, 15) is 9.59 Å². The van der Waals surface area contributed by atoms with Crippen molar-refractivity contribution in [2.24, 2.45) is 0 Å². The van der Waals surface area contributed by atoms with Gasteiger partial charge in [0.2, 0.25) is 0 Å². The van der Waals surface area contributed by atoms with Crippen LogP contribution in [-0.4, -0.2) is 33.1 Å². The Bertz CT molecular complexity index is 576. The number of benzene rings is 1. The second-order valence-electron chi connectivity index (χ2n) is 4.27. The maximum Gasteiger partial charge on any atom is 0.303 e. The van der Waals surface area contributed by atoms with Crippen LogP contribution >= 0.6 is 0 Å². The topological polar surface area (TPSA) is 84.2 Å². The number of imidazole rings is 1. The summed E-state index contributed by atoms with van der Waals surface area (Å²) in [6.45, 7) is 0.356. The molecular formula is C14H15N3O3. The van der Waals surface area contributed by atoms with E-state index in [1.165, 1.54) is 0 Å². The summed E-state index contributed by atoms with van der Waals surface area (Å²) in [6, 6.07) is 7.10. The van der Waals surface area contributed by atoms with Crippen LogP contribution < -0.4 is 5.32 Å². The lowest BCUT2D eigenvalue weighted by Crippen LogP contribution is -2.24. The number of carbonyl (C=O) groups is 2. The number of nitrogens with zero attached hydrogens (tertiary/aromatic N) is 2. The molecule has 1 aromatic heterocycles. The van der Waals surface area contributed by atoms with Crippen LogP contribution in [0.1, 0.15) is 23.2 Å². The highest BCUT2D eigenvalue weighted by atomic mass is 16.4. The van der Waals surface area contributed by atoms with Crippen LogP contribution in [0.25, 0.3) is 5.69 Å². The Balaban J connectivity index is 1.89. The van der Waals surface area contributed by atoms with Gasteiger partial charge in [-0.2, -0.15) is 0 Å². The lowest BCUT2D eigenvalue weighted by atomic mass is 10.2. The van der Waals surface area contributed by atoms with Crippen molar-refractivity contribution in [2.45, 2.75) is 12.8 Å². The first-order valence-electron chi connectivity index (χ1n) is 6.25. The van der Waals surface area contributed by atoms with Crippen molar-refractivity contribution in [3.8, 4) is 5.69 Å². The van der Waals surface area contributed by atoms with Gasteiger partial charge in [0, 0.05) is 36.6 Å². The van der Waals surface area contributed by atoms with Crippen molar-refractivity contribution >= 4 is 11.9 Å². The molecule has 0 unspecified atom stereocenters. The van der Waals surface area contributed by atoms with Crippen molar-refractivity contribution in [3.63, 3.8) is 0 Å². The van der Waals surface area contributed by atoms with Gasteiger partial charge < -0.3 is 15.0 Å². The fraction of sp³-hybridized carbons (Fsp3) is 0.214. The molecule has 20 heavy (non-hydrogen) atoms. The lowest BCUT2D eigenvalue weighted by Gasteiger charge is -2.06. The minimum absolute atomic E-state index is 0.0554. The summed E-state index contributed by atoms with van der Waals surface area (Å²) in [5.74, 6) is -1.06. The Kier molecular flexibility index (Phi) is 4.49. The Labute approximate surface area is 116 Å². The fourth-order valence-corrected chi connectivity index (χ4v) is 1.74. The summed E-state index contributed by atoms with van der Waals surface area (Å²) in [5, 5.41) is 11.2. The van der Waals surface area contributed by atoms with Gasteiger partial charge in [0.25, 0.3) is 5.91 Å². The van der Waals surface area contributed by atoms with E-state index in [1.807, 2.05) is 22.9 Å². The highest BCUT2D eigenvalue weighted by molar-refractivity contribution is 5.94. The van der Waals surface area contributed by atoms with Gasteiger partial charge in [-0.05, 0) is 30.7 Å². The number of rotatable bonds is 6. The third-order valence-electron chi connectivity index (χ3n) is 2.79. The van der Waals surface area contributed by atoms with Crippen LogP contribution in [0.4, 0.5) is 0 Å². The molecule has 0 aliphatic carbocycles. The molecule has 0 saturated carbocycles. The molecule has 0 aliphatic rings. The first-order chi connectivity index (χ1) is 9.66. The zero-order chi connectivity index (χ0) is 14.4. The number of hydrogen-bond donors (Lipinski definition) is 2. The number of aliphatic carboxylic acids is 1. The third kappa shape index (κ3) is 3.68. The minimum Gasteiger partial charge on any atom is -0.481 e. The van der Waals surface area contributed by atoms with Gasteiger partial charge in [0.1, 0.15) is 0 Å². The molecule has 0 saturated heterocycles. The van der Waals surface area contributed by atoms with Crippen molar-refractivity contribution in [2.75, 3.05) is 6.54 Å². The predicted octanol–water partition coefficient (Wildman–Crippen LogP) is 1.47. The molecule has 0 bridgehead atoms. The van der Waals surface area contributed by atoms with Crippen LogP contribution in [-0.2, 0) is 4.79 Å². The maximum atomic E-state index is 11.8. The standard InChI is InChI=1S/C14H15N3O3/c18-13(19)2-1-7-16-14(20)11-3-5-12(6-4-11)17-9-8-15-10-17/h3-6,8-10H,1-2,7H2,(H,16,20)(H,18,19). The number of carboxylic acids is 1. The van der Waals surface area contributed by atoms with Crippen LogP contribution in [0.15, 0.2) is 43.0 Å². The quantitative estimate of drug-likeness (QED) is 0.780. The Morgan fingerprint density at radius 2 is 2.00 bits per heavy atom. The molecule has 2 N–H and O–H groups in total. The zero-order valence-corrected chi connectivity index (χ0v) is 10.8. The van der Waals surface area contributed by atoms with Crippen molar-refractivity contribution in [3.05, 3.63) is 48.5 Å². The van der Waals surface area contributed by atoms with E-state index in [2.05, 4.69) is 10.3 Å². The summed E-state index contributed by atoms with van der Waals surface area (Å²) in [7, 11) is 0. The third-order valence-corrected chi connectivity index (χ3v) is 2.79. The van der Waals surface area contributed by atoms with Crippen LogP contribution in [0, 0.1) is 0 Å². The molecular weight excluding hydrogens is 258 g/mol. The fourth-order valence-electron chi connectivity index (χ4n) is 1.74. The highest BCUT2D eigenvalue weighted by Gasteiger charge is 2.05. The summed E-state index contributed by atoms with van der Waals surface area (Å²) >= 11 is 0. The van der Waals surface area contributed by atoms with E-state index in [0.29, 0.717) is 18.5 Å². The molecule has 2 aromatic rings. The van der Waals surface area contributed by atoms with Gasteiger partial charge in [-0.25, -0.2) is 4.98 Å². The normalized spacial score (nSPS) is 10.2. The average molecular weight is 273 g/mol. The molecule has 104 valence electrons. The molecule has 0 radical (unpaired) electrons. The zero-order valence-electron chi connectivity index (χ0n) is 10.8. The number of amides is 1. The van der Waals surface area contributed by atoms with E-state index in [-0.39, 0.29) is 12.3 Å². The molecule has 1 heterocycles. The van der Waals surface area contributed by atoms with Crippen LogP contribution in [0.5, 0.6) is 0 Å². The summed E-state index contributed by atoms with van der Waals surface area (Å²) < 4.78 is 1.84. The number of aromatic nitrogens is 2. The van der Waals surface area contributed by atoms with E-state index in [1.54, 1.807) is 24.7 Å². The molecule has 0 spiro atoms. The average Bonchev–Trinajstić information content (AvgIpc) is 2.97. The summed E-state index contributed by atoms with van der Waals surface area (Å²) in [5.41, 5.74) is 1.47. The van der Waals surface area contributed by atoms with Gasteiger partial charge in [-0.15, -0.1) is 0 Å². The number of carbonyl (C=O) groups excluding carboxylic acids is 1. The van der Waals surface area contributed by atoms with Gasteiger partial charge >= 0.3 is 5.97 Å². The Morgan fingerprint density at radius 1 is 1.25 bits per heavy atom. The van der Waals surface area contributed by atoms with Gasteiger partial charge in [-0.1, -0.05) is 0 Å². The smallest absolute Gasteiger partial charge is 0.303 e. The first-order valence-corrected chi connectivity index (χ1v) is 6.25. The van der Waals surface area contributed by atoms with Crippen molar-refractivity contribution < 1.29 is 14.7 Å². The molecule has 6 nitrogen and oxygen atoms in total. The van der Waals surface area contributed by atoms with E-state index >= 15 is 0 Å². The van der Waals surface area contributed by atoms with Gasteiger partial charge in [-0.3, -0.25) is 9.59 Å². The van der Waals surface area contributed by atoms with E-state index < -0.39 is 5.97 Å². The first kappa shape index (κ1) is 13.8. The Hall–Kier alpha value is -2.63. The number of carboxylic acid groups (broad SMARTS) is 1. The Morgan fingerprint density at radius 3 is 2.60 bits per heavy atom. The second kappa shape index (κ2) is 6.51. The molecule has 0 atom stereocenters. The predicted molar refractivity (Wildman–Crippen MR) is 72.8 cm³/mol.